The summed E-state index contributed by atoms with van der Waals surface area (Å²) in [4.78, 5) is 0.241. The molecule has 1 aromatic rings. The second-order valence-electron chi connectivity index (χ2n) is 3.39. The van der Waals surface area contributed by atoms with Gasteiger partial charge in [-0.25, -0.2) is 8.42 Å². The van der Waals surface area contributed by atoms with E-state index in [1.165, 1.54) is 12.1 Å². The van der Waals surface area contributed by atoms with Crippen molar-refractivity contribution < 1.29 is 13.2 Å². The number of hydrogen-bond donors (Lipinski definition) is 0. The molecule has 0 saturated heterocycles. The molecule has 0 radical (unpaired) electrons. The summed E-state index contributed by atoms with van der Waals surface area (Å²) in [5, 5.41) is 0.944. The summed E-state index contributed by atoms with van der Waals surface area (Å²) >= 11 is 0. The summed E-state index contributed by atoms with van der Waals surface area (Å²) in [6, 6.07) is 6.37. The van der Waals surface area contributed by atoms with Crippen molar-refractivity contribution >= 4 is 9.84 Å². The molecule has 0 atom stereocenters. The van der Waals surface area contributed by atoms with Gasteiger partial charge in [0.25, 0.3) is 0 Å². The Morgan fingerprint density at radius 3 is 2.44 bits per heavy atom. The van der Waals surface area contributed by atoms with Crippen LogP contribution in [-0.2, 0) is 9.84 Å². The number of ether oxygens (including phenoxy) is 1. The van der Waals surface area contributed by atoms with Gasteiger partial charge in [-0.05, 0) is 30.7 Å². The summed E-state index contributed by atoms with van der Waals surface area (Å²) < 4.78 is 28.3. The molecule has 0 saturated carbocycles. The Labute approximate surface area is 96.7 Å². The van der Waals surface area contributed by atoms with Crippen LogP contribution in [0.15, 0.2) is 41.1 Å². The van der Waals surface area contributed by atoms with E-state index in [4.69, 9.17) is 4.74 Å². The molecule has 1 rings (SSSR count). The molecule has 0 aliphatic rings. The maximum Gasteiger partial charge on any atom is 0.199 e. The average Bonchev–Trinajstić information content (AvgIpc) is 2.30. The minimum atomic E-state index is -3.33. The predicted octanol–water partition coefficient (Wildman–Crippen LogP) is 2.78. The van der Waals surface area contributed by atoms with E-state index >= 15 is 0 Å². The monoisotopic (exact) mass is 240 g/mol. The van der Waals surface area contributed by atoms with Crippen LogP contribution in [0, 0.1) is 0 Å². The van der Waals surface area contributed by atoms with Gasteiger partial charge in [0.1, 0.15) is 5.75 Å². The Balaban J connectivity index is 2.72. The van der Waals surface area contributed by atoms with E-state index in [0.717, 1.165) is 18.2 Å². The Hall–Kier alpha value is -1.29. The predicted molar refractivity (Wildman–Crippen MR) is 64.2 cm³/mol. The topological polar surface area (TPSA) is 43.4 Å². The molecule has 0 spiro atoms. The molecule has 0 fully saturated rings. The smallest absolute Gasteiger partial charge is 0.199 e. The van der Waals surface area contributed by atoms with Crippen LogP contribution in [0.4, 0.5) is 0 Å². The van der Waals surface area contributed by atoms with Gasteiger partial charge in [0.15, 0.2) is 9.84 Å². The molecule has 16 heavy (non-hydrogen) atoms. The molecule has 0 heterocycles. The third-order valence-electron chi connectivity index (χ3n) is 2.14. The van der Waals surface area contributed by atoms with Gasteiger partial charge in [-0.1, -0.05) is 19.9 Å². The average molecular weight is 240 g/mol. The van der Waals surface area contributed by atoms with Crippen molar-refractivity contribution in [2.75, 3.05) is 6.61 Å². The molecule has 0 aliphatic heterocycles. The minimum absolute atomic E-state index is 0.241. The van der Waals surface area contributed by atoms with Gasteiger partial charge in [-0.15, -0.1) is 0 Å². The fourth-order valence-corrected chi connectivity index (χ4v) is 1.86. The Kier molecular flexibility index (Phi) is 4.55. The zero-order valence-electron chi connectivity index (χ0n) is 9.35. The van der Waals surface area contributed by atoms with E-state index in [2.05, 4.69) is 13.5 Å². The van der Waals surface area contributed by atoms with E-state index in [-0.39, 0.29) is 4.90 Å². The van der Waals surface area contributed by atoms with Crippen molar-refractivity contribution in [2.45, 2.75) is 24.7 Å². The van der Waals surface area contributed by atoms with Gasteiger partial charge in [-0.2, -0.15) is 0 Å². The summed E-state index contributed by atoms with van der Waals surface area (Å²) in [6.07, 6.45) is 2.07. The molecular weight excluding hydrogens is 224 g/mol. The first-order chi connectivity index (χ1) is 7.60. The zero-order chi connectivity index (χ0) is 12.0. The molecule has 0 aliphatic carbocycles. The van der Waals surface area contributed by atoms with Gasteiger partial charge in [0.2, 0.25) is 0 Å². The summed E-state index contributed by atoms with van der Waals surface area (Å²) in [7, 11) is -3.33. The van der Waals surface area contributed by atoms with Crippen molar-refractivity contribution in [3.8, 4) is 5.75 Å². The van der Waals surface area contributed by atoms with E-state index < -0.39 is 9.84 Å². The van der Waals surface area contributed by atoms with Crippen molar-refractivity contribution in [3.05, 3.63) is 36.3 Å². The second kappa shape index (κ2) is 5.70. The first kappa shape index (κ1) is 12.8. The molecular formula is C12H16O3S. The highest BCUT2D eigenvalue weighted by Gasteiger charge is 2.08. The molecule has 4 heteroatoms. The number of sulfone groups is 1. The Bertz CT molecular complexity index is 432. The quantitative estimate of drug-likeness (QED) is 0.718. The molecule has 88 valence electrons. The minimum Gasteiger partial charge on any atom is -0.494 e. The maximum atomic E-state index is 11.4. The number of rotatable bonds is 6. The molecule has 0 amide bonds. The highest BCUT2D eigenvalue weighted by atomic mass is 32.2. The van der Waals surface area contributed by atoms with Gasteiger partial charge in [0, 0.05) is 5.41 Å². The van der Waals surface area contributed by atoms with Gasteiger partial charge in [-0.3, -0.25) is 0 Å². The fourth-order valence-electron chi connectivity index (χ4n) is 1.16. The van der Waals surface area contributed by atoms with Crippen LogP contribution in [-0.4, -0.2) is 15.0 Å². The summed E-state index contributed by atoms with van der Waals surface area (Å²) in [5.41, 5.74) is 0. The second-order valence-corrected chi connectivity index (χ2v) is 5.28. The highest BCUT2D eigenvalue weighted by molar-refractivity contribution is 7.94. The van der Waals surface area contributed by atoms with Crippen LogP contribution in [0.3, 0.4) is 0 Å². The standard InChI is InChI=1S/C12H16O3S/c1-3-5-10-15-11-6-8-12(9-7-11)16(13,14)4-2/h4,6-9H,2-3,5,10H2,1H3. The lowest BCUT2D eigenvalue weighted by atomic mass is 10.3. The van der Waals surface area contributed by atoms with E-state index in [9.17, 15) is 8.42 Å². The van der Waals surface area contributed by atoms with Crippen molar-refractivity contribution in [1.82, 2.24) is 0 Å². The highest BCUT2D eigenvalue weighted by Crippen LogP contribution is 2.17. The molecule has 0 bridgehead atoms. The number of hydrogen-bond acceptors (Lipinski definition) is 3. The van der Waals surface area contributed by atoms with E-state index in [1.54, 1.807) is 12.1 Å². The van der Waals surface area contributed by atoms with Crippen LogP contribution < -0.4 is 4.74 Å². The van der Waals surface area contributed by atoms with Crippen molar-refractivity contribution in [3.63, 3.8) is 0 Å². The van der Waals surface area contributed by atoms with Gasteiger partial charge in [0.05, 0.1) is 11.5 Å². The SMILES string of the molecule is C=CS(=O)(=O)c1ccc(OCCCC)cc1. The summed E-state index contributed by atoms with van der Waals surface area (Å²) in [5.74, 6) is 0.691. The molecule has 1 aromatic carbocycles. The lowest BCUT2D eigenvalue weighted by Crippen LogP contribution is -1.98. The maximum absolute atomic E-state index is 11.4. The van der Waals surface area contributed by atoms with Crippen LogP contribution in [0.1, 0.15) is 19.8 Å². The van der Waals surface area contributed by atoms with Crippen LogP contribution in [0.5, 0.6) is 5.75 Å². The fraction of sp³-hybridized carbons (Fsp3) is 0.333. The Morgan fingerprint density at radius 1 is 1.31 bits per heavy atom. The number of unbranched alkanes of at least 4 members (excludes halogenated alkanes) is 1. The van der Waals surface area contributed by atoms with E-state index in [0.29, 0.717) is 12.4 Å². The van der Waals surface area contributed by atoms with Crippen LogP contribution in [0.2, 0.25) is 0 Å². The third kappa shape index (κ3) is 3.38. The zero-order valence-corrected chi connectivity index (χ0v) is 10.2. The van der Waals surface area contributed by atoms with Gasteiger partial charge < -0.3 is 4.74 Å². The Morgan fingerprint density at radius 2 is 1.94 bits per heavy atom. The third-order valence-corrected chi connectivity index (χ3v) is 3.51. The molecule has 0 aromatic heterocycles. The lowest BCUT2D eigenvalue weighted by Gasteiger charge is -2.05. The normalized spacial score (nSPS) is 11.1. The molecule has 0 N–H and O–H groups in total. The lowest BCUT2D eigenvalue weighted by molar-refractivity contribution is 0.309. The largest absolute Gasteiger partial charge is 0.494 e. The van der Waals surface area contributed by atoms with Crippen molar-refractivity contribution in [2.24, 2.45) is 0 Å². The number of benzene rings is 1. The first-order valence-corrected chi connectivity index (χ1v) is 6.75. The van der Waals surface area contributed by atoms with E-state index in [1.807, 2.05) is 0 Å². The molecule has 3 nitrogen and oxygen atoms in total. The summed E-state index contributed by atoms with van der Waals surface area (Å²) in [6.45, 7) is 6.02. The molecule has 0 unspecified atom stereocenters. The van der Waals surface area contributed by atoms with Gasteiger partial charge >= 0.3 is 0 Å². The van der Waals surface area contributed by atoms with Crippen LogP contribution in [0.25, 0.3) is 0 Å². The van der Waals surface area contributed by atoms with Crippen molar-refractivity contribution in [1.29, 1.82) is 0 Å². The first-order valence-electron chi connectivity index (χ1n) is 5.20. The van der Waals surface area contributed by atoms with Crippen LogP contribution >= 0.6 is 0 Å².